The van der Waals surface area contributed by atoms with Gasteiger partial charge in [-0.2, -0.15) is 0 Å². The molecule has 0 atom stereocenters. The monoisotopic (exact) mass is 202 g/mol. The maximum atomic E-state index is 10.9. The molecule has 0 spiro atoms. The standard InChI is InChI=1S/C9H18N2O3/c1-11(9(13)14-2)7-5-3-4-6-8(10)12/h3-7H2,1-2H3,(H2,10,12). The molecule has 0 aliphatic carbocycles. The Balaban J connectivity index is 3.36. The SMILES string of the molecule is COC(=O)N(C)CCCCCC(N)=O. The van der Waals surface area contributed by atoms with E-state index in [0.29, 0.717) is 13.0 Å². The van der Waals surface area contributed by atoms with E-state index in [-0.39, 0.29) is 12.0 Å². The molecule has 0 aliphatic rings. The lowest BCUT2D eigenvalue weighted by atomic mass is 10.2. The molecule has 0 bridgehead atoms. The van der Waals surface area contributed by atoms with Crippen molar-refractivity contribution >= 4 is 12.0 Å². The van der Waals surface area contributed by atoms with Crippen molar-refractivity contribution in [2.75, 3.05) is 20.7 Å². The molecule has 0 saturated heterocycles. The number of hydrogen-bond acceptors (Lipinski definition) is 3. The molecule has 0 unspecified atom stereocenters. The van der Waals surface area contributed by atoms with E-state index < -0.39 is 0 Å². The number of ether oxygens (including phenoxy) is 1. The van der Waals surface area contributed by atoms with Gasteiger partial charge in [-0.05, 0) is 12.8 Å². The van der Waals surface area contributed by atoms with Crippen molar-refractivity contribution < 1.29 is 14.3 Å². The Bertz CT molecular complexity index is 194. The van der Waals surface area contributed by atoms with Crippen LogP contribution in [-0.2, 0) is 9.53 Å². The summed E-state index contributed by atoms with van der Waals surface area (Å²) in [5.74, 6) is -0.272. The Hall–Kier alpha value is -1.26. The lowest BCUT2D eigenvalue weighted by Gasteiger charge is -2.14. The number of rotatable bonds is 6. The fourth-order valence-electron chi connectivity index (χ4n) is 1.07. The molecule has 0 aliphatic heterocycles. The smallest absolute Gasteiger partial charge is 0.409 e. The second kappa shape index (κ2) is 7.17. The Morgan fingerprint density at radius 3 is 2.43 bits per heavy atom. The van der Waals surface area contributed by atoms with Gasteiger partial charge in [0.05, 0.1) is 7.11 Å². The van der Waals surface area contributed by atoms with Crippen molar-refractivity contribution in [1.29, 1.82) is 0 Å². The molecular weight excluding hydrogens is 184 g/mol. The Labute approximate surface area is 84.2 Å². The summed E-state index contributed by atoms with van der Waals surface area (Å²) in [6, 6.07) is 0. The molecule has 14 heavy (non-hydrogen) atoms. The van der Waals surface area contributed by atoms with E-state index in [4.69, 9.17) is 5.73 Å². The van der Waals surface area contributed by atoms with Crippen LogP contribution < -0.4 is 5.73 Å². The minimum absolute atomic E-state index is 0.272. The molecule has 0 aromatic carbocycles. The largest absolute Gasteiger partial charge is 0.453 e. The van der Waals surface area contributed by atoms with Crippen LogP contribution in [0.5, 0.6) is 0 Å². The summed E-state index contributed by atoms with van der Waals surface area (Å²) in [6.45, 7) is 0.644. The zero-order chi connectivity index (χ0) is 11.0. The summed E-state index contributed by atoms with van der Waals surface area (Å²) < 4.78 is 4.52. The molecule has 5 heteroatoms. The van der Waals surface area contributed by atoms with Gasteiger partial charge in [-0.25, -0.2) is 4.79 Å². The lowest BCUT2D eigenvalue weighted by Crippen LogP contribution is -2.27. The third-order valence-electron chi connectivity index (χ3n) is 1.90. The van der Waals surface area contributed by atoms with Crippen LogP contribution >= 0.6 is 0 Å². The topological polar surface area (TPSA) is 72.6 Å². The van der Waals surface area contributed by atoms with Crippen molar-refractivity contribution in [2.24, 2.45) is 5.73 Å². The minimum Gasteiger partial charge on any atom is -0.453 e. The number of nitrogens with two attached hydrogens (primary N) is 1. The van der Waals surface area contributed by atoms with E-state index >= 15 is 0 Å². The number of unbranched alkanes of at least 4 members (excludes halogenated alkanes) is 2. The van der Waals surface area contributed by atoms with Gasteiger partial charge in [0.2, 0.25) is 5.91 Å². The molecule has 0 aromatic heterocycles. The summed E-state index contributed by atoms with van der Waals surface area (Å²) in [6.07, 6.45) is 2.62. The first kappa shape index (κ1) is 12.7. The number of nitrogens with zero attached hydrogens (tertiary/aromatic N) is 1. The van der Waals surface area contributed by atoms with Gasteiger partial charge in [0, 0.05) is 20.0 Å². The zero-order valence-corrected chi connectivity index (χ0v) is 8.78. The fraction of sp³-hybridized carbons (Fsp3) is 0.778. The second-order valence-electron chi connectivity index (χ2n) is 3.17. The molecule has 0 rings (SSSR count). The van der Waals surface area contributed by atoms with Crippen molar-refractivity contribution in [3.63, 3.8) is 0 Å². The third-order valence-corrected chi connectivity index (χ3v) is 1.90. The number of amides is 2. The third kappa shape index (κ3) is 6.28. The van der Waals surface area contributed by atoms with Crippen LogP contribution in [0, 0.1) is 0 Å². The first-order chi connectivity index (χ1) is 6.57. The van der Waals surface area contributed by atoms with Gasteiger partial charge >= 0.3 is 6.09 Å². The highest BCUT2D eigenvalue weighted by atomic mass is 16.5. The zero-order valence-electron chi connectivity index (χ0n) is 8.78. The van der Waals surface area contributed by atoms with Gasteiger partial charge < -0.3 is 15.4 Å². The van der Waals surface area contributed by atoms with Gasteiger partial charge in [0.25, 0.3) is 0 Å². The van der Waals surface area contributed by atoms with Crippen LogP contribution in [0.25, 0.3) is 0 Å². The van der Waals surface area contributed by atoms with Crippen molar-refractivity contribution in [2.45, 2.75) is 25.7 Å². The molecular formula is C9H18N2O3. The fourth-order valence-corrected chi connectivity index (χ4v) is 1.07. The van der Waals surface area contributed by atoms with Gasteiger partial charge in [0.1, 0.15) is 0 Å². The molecule has 5 nitrogen and oxygen atoms in total. The maximum Gasteiger partial charge on any atom is 0.409 e. The van der Waals surface area contributed by atoms with E-state index in [1.54, 1.807) is 7.05 Å². The van der Waals surface area contributed by atoms with Gasteiger partial charge in [0.15, 0.2) is 0 Å². The Kier molecular flexibility index (Phi) is 6.53. The molecule has 82 valence electrons. The summed E-state index contributed by atoms with van der Waals surface area (Å²) in [5.41, 5.74) is 4.98. The van der Waals surface area contributed by atoms with Crippen LogP contribution in [0.3, 0.4) is 0 Å². The predicted octanol–water partition coefficient (Wildman–Crippen LogP) is 0.730. The molecule has 0 heterocycles. The normalized spacial score (nSPS) is 9.57. The molecule has 2 N–H and O–H groups in total. The number of hydrogen-bond donors (Lipinski definition) is 1. The van der Waals surface area contributed by atoms with Gasteiger partial charge in [-0.1, -0.05) is 6.42 Å². The molecule has 2 amide bonds. The first-order valence-corrected chi connectivity index (χ1v) is 4.65. The summed E-state index contributed by atoms with van der Waals surface area (Å²) in [7, 11) is 3.03. The summed E-state index contributed by atoms with van der Waals surface area (Å²) in [5, 5.41) is 0. The molecule has 0 aromatic rings. The number of primary amides is 1. The highest BCUT2D eigenvalue weighted by Crippen LogP contribution is 2.01. The number of carbonyl (C=O) groups excluding carboxylic acids is 2. The Morgan fingerprint density at radius 2 is 1.93 bits per heavy atom. The van der Waals surface area contributed by atoms with Crippen LogP contribution in [0.1, 0.15) is 25.7 Å². The highest BCUT2D eigenvalue weighted by molar-refractivity contribution is 5.73. The number of methoxy groups -OCH3 is 1. The second-order valence-corrected chi connectivity index (χ2v) is 3.17. The van der Waals surface area contributed by atoms with Crippen molar-refractivity contribution in [3.05, 3.63) is 0 Å². The van der Waals surface area contributed by atoms with E-state index in [1.807, 2.05) is 0 Å². The number of carbonyl (C=O) groups is 2. The predicted molar refractivity (Wildman–Crippen MR) is 52.7 cm³/mol. The first-order valence-electron chi connectivity index (χ1n) is 4.65. The maximum absolute atomic E-state index is 10.9. The van der Waals surface area contributed by atoms with E-state index in [0.717, 1.165) is 19.3 Å². The van der Waals surface area contributed by atoms with Crippen LogP contribution in [0.2, 0.25) is 0 Å². The van der Waals surface area contributed by atoms with Gasteiger partial charge in [-0.15, -0.1) is 0 Å². The average molecular weight is 202 g/mol. The van der Waals surface area contributed by atoms with Crippen LogP contribution in [-0.4, -0.2) is 37.6 Å². The molecule has 0 fully saturated rings. The summed E-state index contributed by atoms with van der Waals surface area (Å²) in [4.78, 5) is 22.8. The molecule has 0 saturated carbocycles. The van der Waals surface area contributed by atoms with Crippen LogP contribution in [0.4, 0.5) is 4.79 Å². The molecule has 0 radical (unpaired) electrons. The quantitative estimate of drug-likeness (QED) is 0.645. The van der Waals surface area contributed by atoms with Gasteiger partial charge in [-0.3, -0.25) is 4.79 Å². The van der Waals surface area contributed by atoms with E-state index in [1.165, 1.54) is 12.0 Å². The van der Waals surface area contributed by atoms with E-state index in [9.17, 15) is 9.59 Å². The van der Waals surface area contributed by atoms with Crippen LogP contribution in [0.15, 0.2) is 0 Å². The van der Waals surface area contributed by atoms with Crippen molar-refractivity contribution in [3.8, 4) is 0 Å². The average Bonchev–Trinajstić information content (AvgIpc) is 2.15. The van der Waals surface area contributed by atoms with Crippen molar-refractivity contribution in [1.82, 2.24) is 4.90 Å². The minimum atomic E-state index is -0.333. The Morgan fingerprint density at radius 1 is 1.29 bits per heavy atom. The van der Waals surface area contributed by atoms with E-state index in [2.05, 4.69) is 4.74 Å². The highest BCUT2D eigenvalue weighted by Gasteiger charge is 2.06. The summed E-state index contributed by atoms with van der Waals surface area (Å²) >= 11 is 0. The lowest BCUT2D eigenvalue weighted by molar-refractivity contribution is -0.118.